The SMILES string of the molecule is CCN(CCCN(C)C)c1nc(C)ccc1C(=N)N. The lowest BCUT2D eigenvalue weighted by Gasteiger charge is -2.25. The van der Waals surface area contributed by atoms with E-state index in [1.165, 1.54) is 0 Å². The lowest BCUT2D eigenvalue weighted by atomic mass is 10.2. The predicted octanol–water partition coefficient (Wildman–Crippen LogP) is 1.45. The number of aromatic nitrogens is 1. The quantitative estimate of drug-likeness (QED) is 0.577. The molecule has 0 aliphatic heterocycles. The molecule has 1 rings (SSSR count). The topological polar surface area (TPSA) is 69.2 Å². The lowest BCUT2D eigenvalue weighted by molar-refractivity contribution is 0.400. The number of anilines is 1. The molecule has 1 heterocycles. The van der Waals surface area contributed by atoms with Gasteiger partial charge in [0.25, 0.3) is 0 Å². The fraction of sp³-hybridized carbons (Fsp3) is 0.571. The first kappa shape index (κ1) is 15.4. The number of amidine groups is 1. The summed E-state index contributed by atoms with van der Waals surface area (Å²) in [6.45, 7) is 6.89. The van der Waals surface area contributed by atoms with Crippen LogP contribution in [0.3, 0.4) is 0 Å². The highest BCUT2D eigenvalue weighted by Crippen LogP contribution is 2.18. The van der Waals surface area contributed by atoms with Crippen molar-refractivity contribution < 1.29 is 0 Å². The molecule has 5 heteroatoms. The van der Waals surface area contributed by atoms with Crippen LogP contribution in [0.5, 0.6) is 0 Å². The van der Waals surface area contributed by atoms with E-state index in [-0.39, 0.29) is 5.84 Å². The fourth-order valence-electron chi connectivity index (χ4n) is 1.99. The van der Waals surface area contributed by atoms with Gasteiger partial charge in [-0.25, -0.2) is 4.98 Å². The number of aryl methyl sites for hydroxylation is 1. The molecule has 0 aliphatic carbocycles. The maximum absolute atomic E-state index is 7.66. The van der Waals surface area contributed by atoms with E-state index in [1.807, 2.05) is 19.1 Å². The molecular weight excluding hydrogens is 238 g/mol. The van der Waals surface area contributed by atoms with E-state index in [9.17, 15) is 0 Å². The van der Waals surface area contributed by atoms with Crippen LogP contribution in [0.2, 0.25) is 0 Å². The maximum atomic E-state index is 7.66. The van der Waals surface area contributed by atoms with E-state index in [1.54, 1.807) is 0 Å². The molecule has 0 saturated carbocycles. The van der Waals surface area contributed by atoms with Crippen LogP contribution in [0.15, 0.2) is 12.1 Å². The summed E-state index contributed by atoms with van der Waals surface area (Å²) in [6, 6.07) is 3.78. The molecule has 106 valence electrons. The van der Waals surface area contributed by atoms with Crippen molar-refractivity contribution in [2.24, 2.45) is 5.73 Å². The number of nitrogen functional groups attached to an aromatic ring is 1. The third-order valence-corrected chi connectivity index (χ3v) is 3.02. The third kappa shape index (κ3) is 4.52. The summed E-state index contributed by atoms with van der Waals surface area (Å²) in [4.78, 5) is 8.91. The fourth-order valence-corrected chi connectivity index (χ4v) is 1.99. The smallest absolute Gasteiger partial charge is 0.139 e. The molecular formula is C14H25N5. The Balaban J connectivity index is 2.90. The molecule has 5 nitrogen and oxygen atoms in total. The Bertz CT molecular complexity index is 428. The summed E-state index contributed by atoms with van der Waals surface area (Å²) in [5.41, 5.74) is 7.31. The summed E-state index contributed by atoms with van der Waals surface area (Å²) in [5, 5.41) is 7.66. The van der Waals surface area contributed by atoms with E-state index in [0.29, 0.717) is 0 Å². The molecule has 0 aliphatic rings. The van der Waals surface area contributed by atoms with Crippen LogP contribution >= 0.6 is 0 Å². The van der Waals surface area contributed by atoms with Gasteiger partial charge in [-0.05, 0) is 53.0 Å². The van der Waals surface area contributed by atoms with Crippen LogP contribution in [0.4, 0.5) is 5.82 Å². The molecule has 1 aromatic rings. The molecule has 0 spiro atoms. The Kier molecular flexibility index (Phi) is 5.76. The Morgan fingerprint density at radius 3 is 2.53 bits per heavy atom. The number of pyridine rings is 1. The van der Waals surface area contributed by atoms with Gasteiger partial charge in [-0.1, -0.05) is 0 Å². The molecule has 1 aromatic heterocycles. The summed E-state index contributed by atoms with van der Waals surface area (Å²) in [5.74, 6) is 0.905. The molecule has 0 aromatic carbocycles. The van der Waals surface area contributed by atoms with Gasteiger partial charge in [0.05, 0.1) is 5.56 Å². The van der Waals surface area contributed by atoms with Gasteiger partial charge < -0.3 is 15.5 Å². The van der Waals surface area contributed by atoms with E-state index in [4.69, 9.17) is 11.1 Å². The van der Waals surface area contributed by atoms with E-state index < -0.39 is 0 Å². The number of hydrogen-bond acceptors (Lipinski definition) is 4. The molecule has 0 saturated heterocycles. The molecule has 0 fully saturated rings. The zero-order chi connectivity index (χ0) is 14.4. The molecule has 0 bridgehead atoms. The van der Waals surface area contributed by atoms with Crippen molar-refractivity contribution in [3.63, 3.8) is 0 Å². The van der Waals surface area contributed by atoms with Crippen LogP contribution in [-0.2, 0) is 0 Å². The molecule has 0 radical (unpaired) electrons. The Morgan fingerprint density at radius 2 is 2.00 bits per heavy atom. The van der Waals surface area contributed by atoms with Gasteiger partial charge in [-0.2, -0.15) is 0 Å². The van der Waals surface area contributed by atoms with Crippen molar-refractivity contribution in [1.82, 2.24) is 9.88 Å². The van der Waals surface area contributed by atoms with Gasteiger partial charge in [-0.3, -0.25) is 5.41 Å². The minimum Gasteiger partial charge on any atom is -0.384 e. The first-order valence-electron chi connectivity index (χ1n) is 6.67. The summed E-state index contributed by atoms with van der Waals surface area (Å²) in [7, 11) is 4.14. The monoisotopic (exact) mass is 263 g/mol. The minimum atomic E-state index is 0.0774. The van der Waals surface area contributed by atoms with Crippen LogP contribution in [0, 0.1) is 12.3 Å². The van der Waals surface area contributed by atoms with Crippen molar-refractivity contribution in [3.8, 4) is 0 Å². The van der Waals surface area contributed by atoms with Crippen molar-refractivity contribution in [2.75, 3.05) is 38.6 Å². The number of nitrogens with two attached hydrogens (primary N) is 1. The van der Waals surface area contributed by atoms with Crippen molar-refractivity contribution in [2.45, 2.75) is 20.3 Å². The van der Waals surface area contributed by atoms with Gasteiger partial charge >= 0.3 is 0 Å². The van der Waals surface area contributed by atoms with Crippen LogP contribution in [0.25, 0.3) is 0 Å². The first-order valence-corrected chi connectivity index (χ1v) is 6.67. The van der Waals surface area contributed by atoms with Gasteiger partial charge in [0.15, 0.2) is 0 Å². The predicted molar refractivity (Wildman–Crippen MR) is 81.0 cm³/mol. The average Bonchev–Trinajstić information content (AvgIpc) is 2.33. The largest absolute Gasteiger partial charge is 0.384 e. The molecule has 0 unspecified atom stereocenters. The van der Waals surface area contributed by atoms with E-state index in [2.05, 4.69) is 35.8 Å². The van der Waals surface area contributed by atoms with Gasteiger partial charge in [0.2, 0.25) is 0 Å². The van der Waals surface area contributed by atoms with Crippen molar-refractivity contribution in [1.29, 1.82) is 5.41 Å². The number of rotatable bonds is 7. The zero-order valence-electron chi connectivity index (χ0n) is 12.4. The second-order valence-corrected chi connectivity index (χ2v) is 4.97. The van der Waals surface area contributed by atoms with E-state index >= 15 is 0 Å². The van der Waals surface area contributed by atoms with Crippen LogP contribution in [0.1, 0.15) is 24.6 Å². The molecule has 3 N–H and O–H groups in total. The second kappa shape index (κ2) is 7.09. The van der Waals surface area contributed by atoms with Crippen LogP contribution < -0.4 is 10.6 Å². The van der Waals surface area contributed by atoms with Crippen molar-refractivity contribution >= 4 is 11.7 Å². The van der Waals surface area contributed by atoms with Crippen LogP contribution in [-0.4, -0.2) is 49.4 Å². The van der Waals surface area contributed by atoms with Gasteiger partial charge in [0, 0.05) is 18.8 Å². The van der Waals surface area contributed by atoms with E-state index in [0.717, 1.165) is 43.1 Å². The Morgan fingerprint density at radius 1 is 1.32 bits per heavy atom. The minimum absolute atomic E-state index is 0.0774. The Labute approximate surface area is 115 Å². The first-order chi connectivity index (χ1) is 8.95. The number of nitrogens with zero attached hydrogens (tertiary/aromatic N) is 3. The molecule has 19 heavy (non-hydrogen) atoms. The van der Waals surface area contributed by atoms with Crippen molar-refractivity contribution in [3.05, 3.63) is 23.4 Å². The van der Waals surface area contributed by atoms with Gasteiger partial charge in [-0.15, -0.1) is 0 Å². The maximum Gasteiger partial charge on any atom is 0.139 e. The highest BCUT2D eigenvalue weighted by molar-refractivity contribution is 5.99. The standard InChI is InChI=1S/C14H25N5/c1-5-19(10-6-9-18(3)4)14-12(13(15)16)8-7-11(2)17-14/h7-8H,5-6,9-10H2,1-4H3,(H3,15,16). The molecule has 0 atom stereocenters. The lowest BCUT2D eigenvalue weighted by Crippen LogP contribution is -2.30. The number of nitrogens with one attached hydrogen (secondary N) is 1. The molecule has 0 amide bonds. The third-order valence-electron chi connectivity index (χ3n) is 3.02. The zero-order valence-corrected chi connectivity index (χ0v) is 12.4. The van der Waals surface area contributed by atoms with Gasteiger partial charge in [0.1, 0.15) is 11.7 Å². The summed E-state index contributed by atoms with van der Waals surface area (Å²) < 4.78 is 0. The highest BCUT2D eigenvalue weighted by atomic mass is 15.2. The normalized spacial score (nSPS) is 10.8. The summed E-state index contributed by atoms with van der Waals surface area (Å²) in [6.07, 6.45) is 1.06. The average molecular weight is 263 g/mol. The Hall–Kier alpha value is -1.62. The number of hydrogen-bond donors (Lipinski definition) is 2. The summed E-state index contributed by atoms with van der Waals surface area (Å²) >= 11 is 0. The second-order valence-electron chi connectivity index (χ2n) is 4.97. The highest BCUT2D eigenvalue weighted by Gasteiger charge is 2.13.